The lowest BCUT2D eigenvalue weighted by atomic mass is 10.2. The van der Waals surface area contributed by atoms with Crippen LogP contribution in [0.5, 0.6) is 0 Å². The van der Waals surface area contributed by atoms with Crippen LogP contribution in [-0.4, -0.2) is 24.3 Å². The first-order valence-corrected chi connectivity index (χ1v) is 6.80. The summed E-state index contributed by atoms with van der Waals surface area (Å²) in [6.07, 6.45) is 0. The number of aromatic nitrogens is 2. The van der Waals surface area contributed by atoms with Crippen LogP contribution >= 0.6 is 0 Å². The average molecular weight is 295 g/mol. The Labute approximate surface area is 128 Å². The second-order valence-electron chi connectivity index (χ2n) is 5.24. The van der Waals surface area contributed by atoms with Crippen molar-refractivity contribution < 1.29 is 4.42 Å². The Kier molecular flexibility index (Phi) is 3.42. The Morgan fingerprint density at radius 2 is 1.36 bits per heavy atom. The van der Waals surface area contributed by atoms with Crippen LogP contribution in [-0.2, 0) is 0 Å². The van der Waals surface area contributed by atoms with Crippen LogP contribution in [0, 0.1) is 0 Å². The molecule has 112 valence electrons. The normalized spacial score (nSPS) is 10.6. The fourth-order valence-electron chi connectivity index (χ4n) is 2.16. The highest BCUT2D eigenvalue weighted by molar-refractivity contribution is 5.68. The van der Waals surface area contributed by atoms with Crippen LogP contribution in [0.25, 0.3) is 22.9 Å². The third-order valence-corrected chi connectivity index (χ3v) is 3.28. The van der Waals surface area contributed by atoms with E-state index < -0.39 is 0 Å². The van der Waals surface area contributed by atoms with Gasteiger partial charge in [-0.25, -0.2) is 0 Å². The Bertz CT molecular complexity index is 772. The minimum absolute atomic E-state index is 0.394. The van der Waals surface area contributed by atoms with Crippen molar-refractivity contribution in [2.45, 2.75) is 0 Å². The lowest BCUT2D eigenvalue weighted by Gasteiger charge is -2.11. The molecule has 1 heterocycles. The van der Waals surface area contributed by atoms with Gasteiger partial charge in [0.25, 0.3) is 0 Å². The first-order valence-electron chi connectivity index (χ1n) is 6.80. The summed E-state index contributed by atoms with van der Waals surface area (Å²) in [5.74, 6) is 0.854. The molecule has 0 aliphatic rings. The van der Waals surface area contributed by atoms with Crippen molar-refractivity contribution in [2.75, 3.05) is 30.5 Å². The van der Waals surface area contributed by atoms with E-state index in [4.69, 9.17) is 15.9 Å². The predicted octanol–water partition coefficient (Wildman–Crippen LogP) is 2.63. The molecule has 0 aliphatic carbocycles. The Morgan fingerprint density at radius 1 is 0.818 bits per heavy atom. The standard InChI is InChI=1S/C16H17N5O/c1-21(2)14-5-3-10(4-6-14)15-19-20-16(22-15)11-7-12(17)9-13(18)8-11/h3-9H,17-18H2,1-2H3. The number of hydrogen-bond acceptors (Lipinski definition) is 6. The molecule has 0 fully saturated rings. The van der Waals surface area contributed by atoms with Gasteiger partial charge >= 0.3 is 0 Å². The molecule has 4 N–H and O–H groups in total. The monoisotopic (exact) mass is 295 g/mol. The zero-order chi connectivity index (χ0) is 15.7. The van der Waals surface area contributed by atoms with Crippen molar-refractivity contribution in [3.63, 3.8) is 0 Å². The summed E-state index contributed by atoms with van der Waals surface area (Å²) in [5.41, 5.74) is 15.4. The average Bonchev–Trinajstić information content (AvgIpc) is 2.96. The molecule has 0 unspecified atom stereocenters. The molecule has 3 rings (SSSR count). The van der Waals surface area contributed by atoms with Crippen LogP contribution in [0.15, 0.2) is 46.9 Å². The third-order valence-electron chi connectivity index (χ3n) is 3.28. The van der Waals surface area contributed by atoms with Crippen LogP contribution in [0.4, 0.5) is 17.1 Å². The van der Waals surface area contributed by atoms with Crippen molar-refractivity contribution in [3.8, 4) is 22.9 Å². The number of rotatable bonds is 3. The zero-order valence-corrected chi connectivity index (χ0v) is 12.4. The molecule has 22 heavy (non-hydrogen) atoms. The fourth-order valence-corrected chi connectivity index (χ4v) is 2.16. The number of nitrogens with zero attached hydrogens (tertiary/aromatic N) is 3. The van der Waals surface area contributed by atoms with Crippen LogP contribution < -0.4 is 16.4 Å². The second-order valence-corrected chi connectivity index (χ2v) is 5.24. The maximum Gasteiger partial charge on any atom is 0.248 e. The smallest absolute Gasteiger partial charge is 0.248 e. The third kappa shape index (κ3) is 2.71. The lowest BCUT2D eigenvalue weighted by Crippen LogP contribution is -2.07. The predicted molar refractivity (Wildman–Crippen MR) is 88.3 cm³/mol. The van der Waals surface area contributed by atoms with Gasteiger partial charge in [0.1, 0.15) is 0 Å². The fraction of sp³-hybridized carbons (Fsp3) is 0.125. The van der Waals surface area contributed by atoms with E-state index in [0.717, 1.165) is 11.3 Å². The van der Waals surface area contributed by atoms with E-state index in [1.165, 1.54) is 0 Å². The summed E-state index contributed by atoms with van der Waals surface area (Å²) >= 11 is 0. The van der Waals surface area contributed by atoms with Gasteiger partial charge in [-0.2, -0.15) is 0 Å². The summed E-state index contributed by atoms with van der Waals surface area (Å²) < 4.78 is 5.72. The van der Waals surface area contributed by atoms with Crippen LogP contribution in [0.3, 0.4) is 0 Å². The van der Waals surface area contributed by atoms with Crippen LogP contribution in [0.2, 0.25) is 0 Å². The Hall–Kier alpha value is -3.02. The molecular weight excluding hydrogens is 278 g/mol. The molecule has 3 aromatic rings. The highest BCUT2D eigenvalue weighted by atomic mass is 16.4. The van der Waals surface area contributed by atoms with Crippen molar-refractivity contribution in [3.05, 3.63) is 42.5 Å². The van der Waals surface area contributed by atoms with Crippen molar-refractivity contribution in [1.82, 2.24) is 10.2 Å². The summed E-state index contributed by atoms with van der Waals surface area (Å²) in [5, 5.41) is 8.15. The molecule has 0 saturated heterocycles. The summed E-state index contributed by atoms with van der Waals surface area (Å²) in [4.78, 5) is 2.03. The number of benzene rings is 2. The van der Waals surface area contributed by atoms with Gasteiger partial charge in [-0.05, 0) is 42.5 Å². The van der Waals surface area contributed by atoms with E-state index in [9.17, 15) is 0 Å². The molecule has 6 heteroatoms. The quantitative estimate of drug-likeness (QED) is 0.721. The van der Waals surface area contributed by atoms with Gasteiger partial charge < -0.3 is 20.8 Å². The molecule has 0 spiro atoms. The minimum atomic E-state index is 0.394. The maximum absolute atomic E-state index is 5.79. The maximum atomic E-state index is 5.79. The number of nitrogen functional groups attached to an aromatic ring is 2. The van der Waals surface area contributed by atoms with Gasteiger partial charge in [-0.3, -0.25) is 0 Å². The van der Waals surface area contributed by atoms with Crippen molar-refractivity contribution in [1.29, 1.82) is 0 Å². The molecule has 2 aromatic carbocycles. The molecular formula is C16H17N5O. The van der Waals surface area contributed by atoms with E-state index in [1.54, 1.807) is 18.2 Å². The van der Waals surface area contributed by atoms with Gasteiger partial charge in [0.05, 0.1) is 0 Å². The van der Waals surface area contributed by atoms with E-state index in [1.807, 2.05) is 43.3 Å². The van der Waals surface area contributed by atoms with Gasteiger partial charge in [0.15, 0.2) is 0 Å². The summed E-state index contributed by atoms with van der Waals surface area (Å²) in [7, 11) is 3.98. The van der Waals surface area contributed by atoms with Gasteiger partial charge in [-0.1, -0.05) is 0 Å². The molecule has 1 aromatic heterocycles. The number of hydrogen-bond donors (Lipinski definition) is 2. The molecule has 0 aliphatic heterocycles. The first kappa shape index (κ1) is 13.9. The molecule has 0 radical (unpaired) electrons. The van der Waals surface area contributed by atoms with Gasteiger partial charge in [0.2, 0.25) is 11.8 Å². The molecule has 0 atom stereocenters. The largest absolute Gasteiger partial charge is 0.416 e. The molecule has 0 bridgehead atoms. The van der Waals surface area contributed by atoms with E-state index in [0.29, 0.717) is 28.7 Å². The van der Waals surface area contributed by atoms with Gasteiger partial charge in [0, 0.05) is 42.3 Å². The van der Waals surface area contributed by atoms with E-state index in [2.05, 4.69) is 10.2 Å². The molecule has 0 amide bonds. The minimum Gasteiger partial charge on any atom is -0.416 e. The lowest BCUT2D eigenvalue weighted by molar-refractivity contribution is 0.584. The van der Waals surface area contributed by atoms with E-state index in [-0.39, 0.29) is 0 Å². The SMILES string of the molecule is CN(C)c1ccc(-c2nnc(-c3cc(N)cc(N)c3)o2)cc1. The number of nitrogens with two attached hydrogens (primary N) is 2. The second kappa shape index (κ2) is 5.40. The molecule has 6 nitrogen and oxygen atoms in total. The molecule has 0 saturated carbocycles. The van der Waals surface area contributed by atoms with Crippen LogP contribution in [0.1, 0.15) is 0 Å². The highest BCUT2D eigenvalue weighted by Gasteiger charge is 2.11. The summed E-state index contributed by atoms with van der Waals surface area (Å²) in [6.45, 7) is 0. The number of anilines is 3. The first-order chi connectivity index (χ1) is 10.5. The summed E-state index contributed by atoms with van der Waals surface area (Å²) in [6, 6.07) is 13.1. The van der Waals surface area contributed by atoms with Crippen molar-refractivity contribution >= 4 is 17.1 Å². The van der Waals surface area contributed by atoms with Gasteiger partial charge in [-0.15, -0.1) is 10.2 Å². The zero-order valence-electron chi connectivity index (χ0n) is 12.4. The topological polar surface area (TPSA) is 94.2 Å². The highest BCUT2D eigenvalue weighted by Crippen LogP contribution is 2.27. The Morgan fingerprint density at radius 3 is 1.91 bits per heavy atom. The Balaban J connectivity index is 1.93. The van der Waals surface area contributed by atoms with Crippen molar-refractivity contribution in [2.24, 2.45) is 0 Å². The van der Waals surface area contributed by atoms with E-state index >= 15 is 0 Å².